The largest absolute Gasteiger partial charge is 0.394 e. The highest BCUT2D eigenvalue weighted by Crippen LogP contribution is 2.30. The van der Waals surface area contributed by atoms with E-state index in [0.717, 1.165) is 64.2 Å². The normalized spacial score (nSPS) is 24.1. The molecule has 0 aliphatic carbocycles. The molecule has 2 aliphatic heterocycles. The lowest BCUT2D eigenvalue weighted by Crippen LogP contribution is -2.65. The van der Waals surface area contributed by atoms with E-state index in [-0.39, 0.29) is 18.9 Å². The number of allylic oxidation sites excluding steroid dienone is 13. The van der Waals surface area contributed by atoms with E-state index in [0.29, 0.717) is 12.8 Å². The van der Waals surface area contributed by atoms with Crippen molar-refractivity contribution in [3.8, 4) is 0 Å². The van der Waals surface area contributed by atoms with Gasteiger partial charge in [0.25, 0.3) is 0 Å². The van der Waals surface area contributed by atoms with Crippen LogP contribution in [0, 0.1) is 0 Å². The monoisotopic (exact) mass is 1200 g/mol. The maximum absolute atomic E-state index is 13.3. The molecule has 12 atom stereocenters. The van der Waals surface area contributed by atoms with Crippen molar-refractivity contribution in [1.82, 2.24) is 5.32 Å². The molecule has 2 rings (SSSR count). The lowest BCUT2D eigenvalue weighted by molar-refractivity contribution is -0.359. The summed E-state index contributed by atoms with van der Waals surface area (Å²) in [6.07, 6.45) is 59.3. The third-order valence-electron chi connectivity index (χ3n) is 16.3. The lowest BCUT2D eigenvalue weighted by atomic mass is 9.97. The van der Waals surface area contributed by atoms with Crippen LogP contribution in [0.1, 0.15) is 264 Å². The predicted octanol–water partition coefficient (Wildman–Crippen LogP) is 13.6. The summed E-state index contributed by atoms with van der Waals surface area (Å²) in [6, 6.07) is -0.934. The van der Waals surface area contributed by atoms with Gasteiger partial charge in [-0.05, 0) is 77.0 Å². The van der Waals surface area contributed by atoms with Gasteiger partial charge in [0, 0.05) is 6.42 Å². The van der Waals surface area contributed by atoms with Crippen LogP contribution in [0.3, 0.4) is 0 Å². The third-order valence-corrected chi connectivity index (χ3v) is 16.3. The van der Waals surface area contributed by atoms with Crippen LogP contribution in [0.25, 0.3) is 0 Å². The molecule has 0 aromatic heterocycles. The van der Waals surface area contributed by atoms with Gasteiger partial charge in [0.15, 0.2) is 12.6 Å². The topological polar surface area (TPSA) is 228 Å². The van der Waals surface area contributed by atoms with Crippen molar-refractivity contribution in [2.45, 2.75) is 338 Å². The van der Waals surface area contributed by atoms with Crippen LogP contribution >= 0.6 is 0 Å². The van der Waals surface area contributed by atoms with Crippen molar-refractivity contribution in [2.24, 2.45) is 0 Å². The van der Waals surface area contributed by atoms with Crippen LogP contribution in [0.15, 0.2) is 85.1 Å². The Kier molecular flexibility index (Phi) is 50.9. The molecule has 12 unspecified atom stereocenters. The van der Waals surface area contributed by atoms with E-state index in [4.69, 9.17) is 18.9 Å². The van der Waals surface area contributed by atoms with E-state index in [2.05, 4.69) is 92.1 Å². The number of aliphatic hydroxyl groups is 8. The van der Waals surface area contributed by atoms with Crippen LogP contribution < -0.4 is 5.32 Å². The molecule has 2 saturated heterocycles. The van der Waals surface area contributed by atoms with E-state index in [1.165, 1.54) is 167 Å². The molecule has 1 amide bonds. The summed E-state index contributed by atoms with van der Waals surface area (Å²) >= 11 is 0. The summed E-state index contributed by atoms with van der Waals surface area (Å²) in [4.78, 5) is 13.3. The van der Waals surface area contributed by atoms with Gasteiger partial charge in [-0.15, -0.1) is 0 Å². The zero-order valence-electron chi connectivity index (χ0n) is 53.3. The highest BCUT2D eigenvalue weighted by molar-refractivity contribution is 5.76. The van der Waals surface area contributed by atoms with Crippen LogP contribution in [0.2, 0.25) is 0 Å². The quantitative estimate of drug-likeness (QED) is 0.0204. The first-order valence-corrected chi connectivity index (χ1v) is 34.3. The summed E-state index contributed by atoms with van der Waals surface area (Å²) in [5.74, 6) is -0.248. The van der Waals surface area contributed by atoms with E-state index in [1.54, 1.807) is 6.08 Å². The van der Waals surface area contributed by atoms with Gasteiger partial charge in [0.1, 0.15) is 48.8 Å². The molecule has 2 heterocycles. The average Bonchev–Trinajstić information content (AvgIpc) is 3.70. The van der Waals surface area contributed by atoms with E-state index in [9.17, 15) is 45.6 Å². The van der Waals surface area contributed by atoms with Gasteiger partial charge >= 0.3 is 0 Å². The second kappa shape index (κ2) is 55.3. The van der Waals surface area contributed by atoms with Crippen LogP contribution in [-0.2, 0) is 23.7 Å². The second-order valence-electron chi connectivity index (χ2n) is 23.9. The van der Waals surface area contributed by atoms with E-state index in [1.807, 2.05) is 6.08 Å². The fourth-order valence-electron chi connectivity index (χ4n) is 10.9. The van der Waals surface area contributed by atoms with E-state index >= 15 is 0 Å². The molecular formula is C71H125NO13. The van der Waals surface area contributed by atoms with Gasteiger partial charge in [0.05, 0.1) is 32.0 Å². The SMILES string of the molecule is CC/C=C\C/C=C\C/C=C\C/C=C\C/C=C\CCCCCCCCCCCCCCCCCCCCCC(=O)NC(COC1OC(CO)C(OC2OC(CO)C(O)C(O)C2O)C(O)C1O)C(O)/C=C/CC/C=C/CCCCCCCCCCCC. The maximum atomic E-state index is 13.3. The molecule has 9 N–H and O–H groups in total. The fourth-order valence-corrected chi connectivity index (χ4v) is 10.9. The van der Waals surface area contributed by atoms with Crippen LogP contribution in [-0.4, -0.2) is 140 Å². The standard InChI is InChI=1S/C71H125NO13/c1-3-5-7-9-11-13-15-17-19-21-22-23-24-25-26-27-28-29-30-31-32-33-34-35-36-37-38-39-41-43-45-47-49-51-53-55-63(76)72-59(60(75)54-52-50-48-46-44-42-40-20-18-16-14-12-10-8-6-4-2)58-82-70-68(81)66(79)69(62(57-74)84-70)85-71-67(80)65(78)64(77)61(56-73)83-71/h5,7,11,13,17,19,22-23,25-26,44,46,52,54,59-62,64-71,73-75,77-81H,3-4,6,8-10,12,14-16,18,20-21,24,27-43,45,47-51,53,55-58H2,1-2H3,(H,72,76)/b7-5-,13-11-,19-17-,23-22-,26-25-,46-44+,54-52+. The predicted molar refractivity (Wildman–Crippen MR) is 346 cm³/mol. The number of rotatable bonds is 55. The summed E-state index contributed by atoms with van der Waals surface area (Å²) in [6.45, 7) is 2.68. The van der Waals surface area contributed by atoms with Crippen LogP contribution in [0.4, 0.5) is 0 Å². The Morgan fingerprint density at radius 1 is 0.435 bits per heavy atom. The van der Waals surface area contributed by atoms with Gasteiger partial charge in [-0.3, -0.25) is 4.79 Å². The average molecular weight is 1200 g/mol. The first-order chi connectivity index (χ1) is 41.6. The minimum Gasteiger partial charge on any atom is -0.394 e. The smallest absolute Gasteiger partial charge is 0.220 e. The van der Waals surface area contributed by atoms with Crippen molar-refractivity contribution in [2.75, 3.05) is 19.8 Å². The molecular weight excluding hydrogens is 1070 g/mol. The van der Waals surface area contributed by atoms with Crippen LogP contribution in [0.5, 0.6) is 0 Å². The number of carbonyl (C=O) groups is 1. The second-order valence-corrected chi connectivity index (χ2v) is 23.9. The zero-order valence-corrected chi connectivity index (χ0v) is 53.3. The van der Waals surface area contributed by atoms with Crippen molar-refractivity contribution in [3.63, 3.8) is 0 Å². The Labute approximate surface area is 516 Å². The fraction of sp³-hybridized carbons (Fsp3) is 0.789. The first-order valence-electron chi connectivity index (χ1n) is 34.3. The molecule has 2 fully saturated rings. The molecule has 0 radical (unpaired) electrons. The summed E-state index contributed by atoms with van der Waals surface area (Å²) < 4.78 is 22.8. The molecule has 14 heteroatoms. The van der Waals surface area contributed by atoms with Crippen molar-refractivity contribution < 1.29 is 64.6 Å². The zero-order chi connectivity index (χ0) is 61.6. The Morgan fingerprint density at radius 2 is 0.824 bits per heavy atom. The summed E-state index contributed by atoms with van der Waals surface area (Å²) in [5.41, 5.74) is 0. The minimum absolute atomic E-state index is 0.248. The molecule has 2 aliphatic rings. The number of hydrogen-bond donors (Lipinski definition) is 9. The maximum Gasteiger partial charge on any atom is 0.220 e. The highest BCUT2D eigenvalue weighted by Gasteiger charge is 2.51. The van der Waals surface area contributed by atoms with Gasteiger partial charge in [-0.1, -0.05) is 266 Å². The number of nitrogens with one attached hydrogen (secondary N) is 1. The summed E-state index contributed by atoms with van der Waals surface area (Å²) in [7, 11) is 0. The first kappa shape index (κ1) is 78.3. The minimum atomic E-state index is -1.79. The molecule has 0 aromatic rings. The van der Waals surface area contributed by atoms with Crippen molar-refractivity contribution in [3.05, 3.63) is 85.1 Å². The Balaban J connectivity index is 1.63. The van der Waals surface area contributed by atoms with Gasteiger partial charge in [-0.25, -0.2) is 0 Å². The molecule has 0 saturated carbocycles. The highest BCUT2D eigenvalue weighted by atomic mass is 16.7. The van der Waals surface area contributed by atoms with Gasteiger partial charge in [-0.2, -0.15) is 0 Å². The molecule has 85 heavy (non-hydrogen) atoms. The summed E-state index contributed by atoms with van der Waals surface area (Å²) in [5, 5.41) is 87.3. The number of ether oxygens (including phenoxy) is 4. The third kappa shape index (κ3) is 39.7. The van der Waals surface area contributed by atoms with Gasteiger partial charge < -0.3 is 65.1 Å². The Hall–Kier alpha value is -2.83. The number of hydrogen-bond acceptors (Lipinski definition) is 13. The molecule has 14 nitrogen and oxygen atoms in total. The number of aliphatic hydroxyl groups excluding tert-OH is 8. The number of amides is 1. The van der Waals surface area contributed by atoms with Gasteiger partial charge in [0.2, 0.25) is 5.91 Å². The Morgan fingerprint density at radius 3 is 1.29 bits per heavy atom. The number of unbranched alkanes of at least 4 members (excludes halogenated alkanes) is 30. The molecule has 0 spiro atoms. The number of carbonyl (C=O) groups excluding carboxylic acids is 1. The lowest BCUT2D eigenvalue weighted by Gasteiger charge is -2.46. The molecule has 492 valence electrons. The van der Waals surface area contributed by atoms with Crippen molar-refractivity contribution >= 4 is 5.91 Å². The van der Waals surface area contributed by atoms with Crippen molar-refractivity contribution in [1.29, 1.82) is 0 Å². The Bertz CT molecular complexity index is 1750. The molecule has 0 aromatic carbocycles. The molecule has 0 bridgehead atoms. The van der Waals surface area contributed by atoms with E-state index < -0.39 is 86.8 Å².